The van der Waals surface area contributed by atoms with Crippen molar-refractivity contribution in [1.29, 1.82) is 0 Å². The van der Waals surface area contributed by atoms with Crippen molar-refractivity contribution >= 4 is 0 Å². The molecule has 0 N–H and O–H groups in total. The van der Waals surface area contributed by atoms with Crippen LogP contribution in [0.4, 0.5) is 0 Å². The molecule has 2 nitrogen and oxygen atoms in total. The standard InChI is InChI=1S/C10H16N2.C2H6.CH4/c1-7(2)9-5-11-6-12-10(9)8(3)4;1-2;/h5-8H,1-4H3;1-2H3;1H4. The Morgan fingerprint density at radius 1 is 1.00 bits per heavy atom. The van der Waals surface area contributed by atoms with Crippen LogP contribution in [0.2, 0.25) is 0 Å². The second-order valence-electron chi connectivity index (χ2n) is 3.67. The van der Waals surface area contributed by atoms with Crippen molar-refractivity contribution < 1.29 is 0 Å². The van der Waals surface area contributed by atoms with Crippen molar-refractivity contribution in [2.24, 2.45) is 0 Å². The molecule has 0 fully saturated rings. The van der Waals surface area contributed by atoms with Crippen LogP contribution in [0.3, 0.4) is 0 Å². The van der Waals surface area contributed by atoms with E-state index >= 15 is 0 Å². The summed E-state index contributed by atoms with van der Waals surface area (Å²) in [4.78, 5) is 8.33. The van der Waals surface area contributed by atoms with E-state index in [0.717, 1.165) is 0 Å². The van der Waals surface area contributed by atoms with Gasteiger partial charge in [-0.3, -0.25) is 0 Å². The van der Waals surface area contributed by atoms with Gasteiger partial charge in [-0.1, -0.05) is 49.0 Å². The van der Waals surface area contributed by atoms with Crippen molar-refractivity contribution in [1.82, 2.24) is 9.97 Å². The highest BCUT2D eigenvalue weighted by molar-refractivity contribution is 5.22. The first-order valence-electron chi connectivity index (χ1n) is 5.42. The molecule has 1 aromatic rings. The summed E-state index contributed by atoms with van der Waals surface area (Å²) in [5.41, 5.74) is 2.45. The predicted molar refractivity (Wildman–Crippen MR) is 68.3 cm³/mol. The molecule has 0 aliphatic carbocycles. The molecule has 15 heavy (non-hydrogen) atoms. The van der Waals surface area contributed by atoms with Crippen LogP contribution in [0.25, 0.3) is 0 Å². The molecule has 0 unspecified atom stereocenters. The lowest BCUT2D eigenvalue weighted by atomic mass is 9.97. The van der Waals surface area contributed by atoms with Crippen LogP contribution < -0.4 is 0 Å². The van der Waals surface area contributed by atoms with E-state index in [4.69, 9.17) is 0 Å². The Bertz CT molecular complexity index is 227. The van der Waals surface area contributed by atoms with E-state index in [0.29, 0.717) is 11.8 Å². The van der Waals surface area contributed by atoms with Gasteiger partial charge in [-0.2, -0.15) is 0 Å². The van der Waals surface area contributed by atoms with Gasteiger partial charge in [-0.05, 0) is 17.4 Å². The Morgan fingerprint density at radius 2 is 1.53 bits per heavy atom. The molecule has 0 atom stereocenters. The van der Waals surface area contributed by atoms with Gasteiger partial charge in [-0.15, -0.1) is 0 Å². The normalized spacial score (nSPS) is 9.33. The smallest absolute Gasteiger partial charge is 0.115 e. The molecule has 0 aliphatic rings. The summed E-state index contributed by atoms with van der Waals surface area (Å²) >= 11 is 0. The Hall–Kier alpha value is -0.920. The first-order valence-corrected chi connectivity index (χ1v) is 5.42. The van der Waals surface area contributed by atoms with Crippen molar-refractivity contribution in [3.8, 4) is 0 Å². The van der Waals surface area contributed by atoms with Crippen LogP contribution in [-0.2, 0) is 0 Å². The van der Waals surface area contributed by atoms with Gasteiger partial charge < -0.3 is 0 Å². The third-order valence-corrected chi connectivity index (χ3v) is 1.94. The zero-order valence-corrected chi connectivity index (χ0v) is 10.2. The summed E-state index contributed by atoms with van der Waals surface area (Å²) in [6.07, 6.45) is 3.55. The zero-order valence-electron chi connectivity index (χ0n) is 10.2. The molecule has 0 radical (unpaired) electrons. The third kappa shape index (κ3) is 4.91. The maximum absolute atomic E-state index is 4.29. The van der Waals surface area contributed by atoms with E-state index in [1.165, 1.54) is 11.3 Å². The first kappa shape index (κ1) is 16.5. The molecule has 88 valence electrons. The molecule has 0 aromatic carbocycles. The molecule has 1 rings (SSSR count). The van der Waals surface area contributed by atoms with E-state index in [-0.39, 0.29) is 7.43 Å². The fraction of sp³-hybridized carbons (Fsp3) is 0.692. The molecule has 0 saturated carbocycles. The Balaban J connectivity index is 0. The van der Waals surface area contributed by atoms with Gasteiger partial charge >= 0.3 is 0 Å². The highest BCUT2D eigenvalue weighted by Crippen LogP contribution is 2.22. The van der Waals surface area contributed by atoms with E-state index in [1.54, 1.807) is 6.33 Å². The van der Waals surface area contributed by atoms with Gasteiger partial charge in [0.25, 0.3) is 0 Å². The quantitative estimate of drug-likeness (QED) is 0.723. The highest BCUT2D eigenvalue weighted by atomic mass is 14.8. The maximum atomic E-state index is 4.29. The molecule has 0 bridgehead atoms. The molecule has 2 heteroatoms. The fourth-order valence-electron chi connectivity index (χ4n) is 1.28. The molecular formula is C13H26N2. The van der Waals surface area contributed by atoms with Gasteiger partial charge in [0.1, 0.15) is 6.33 Å². The zero-order chi connectivity index (χ0) is 11.1. The van der Waals surface area contributed by atoms with Gasteiger partial charge in [0.2, 0.25) is 0 Å². The second-order valence-corrected chi connectivity index (χ2v) is 3.67. The lowest BCUT2D eigenvalue weighted by Gasteiger charge is -2.12. The Kier molecular flexibility index (Phi) is 9.24. The minimum atomic E-state index is 0. The molecule has 0 aliphatic heterocycles. The number of nitrogens with zero attached hydrogens (tertiary/aromatic N) is 2. The second kappa shape index (κ2) is 8.39. The van der Waals surface area contributed by atoms with E-state index < -0.39 is 0 Å². The van der Waals surface area contributed by atoms with Crippen LogP contribution in [0.15, 0.2) is 12.5 Å². The summed E-state index contributed by atoms with van der Waals surface area (Å²) in [5.74, 6) is 1.01. The van der Waals surface area contributed by atoms with Crippen molar-refractivity contribution in [3.63, 3.8) is 0 Å². The SMILES string of the molecule is C.CC.CC(C)c1cncnc1C(C)C. The van der Waals surface area contributed by atoms with Gasteiger partial charge in [-0.25, -0.2) is 9.97 Å². The molecular weight excluding hydrogens is 184 g/mol. The lowest BCUT2D eigenvalue weighted by molar-refractivity contribution is 0.746. The summed E-state index contributed by atoms with van der Waals surface area (Å²) in [5, 5.41) is 0. The summed E-state index contributed by atoms with van der Waals surface area (Å²) in [6.45, 7) is 12.7. The first-order chi connectivity index (χ1) is 6.63. The number of hydrogen-bond donors (Lipinski definition) is 0. The van der Waals surface area contributed by atoms with Crippen LogP contribution in [0.1, 0.15) is 72.1 Å². The van der Waals surface area contributed by atoms with E-state index in [9.17, 15) is 0 Å². The maximum Gasteiger partial charge on any atom is 0.115 e. The van der Waals surface area contributed by atoms with Crippen molar-refractivity contribution in [2.75, 3.05) is 0 Å². The Labute approximate surface area is 95.2 Å². The third-order valence-electron chi connectivity index (χ3n) is 1.94. The Morgan fingerprint density at radius 3 is 1.87 bits per heavy atom. The number of aromatic nitrogens is 2. The monoisotopic (exact) mass is 210 g/mol. The van der Waals surface area contributed by atoms with Crippen LogP contribution in [0.5, 0.6) is 0 Å². The number of rotatable bonds is 2. The van der Waals surface area contributed by atoms with Crippen LogP contribution in [-0.4, -0.2) is 9.97 Å². The molecule has 0 amide bonds. The molecule has 1 heterocycles. The minimum Gasteiger partial charge on any atom is -0.245 e. The largest absolute Gasteiger partial charge is 0.245 e. The molecule has 0 spiro atoms. The summed E-state index contributed by atoms with van der Waals surface area (Å²) < 4.78 is 0. The highest BCUT2D eigenvalue weighted by Gasteiger charge is 2.10. The van der Waals surface area contributed by atoms with E-state index in [2.05, 4.69) is 37.7 Å². The molecule has 0 saturated heterocycles. The summed E-state index contributed by atoms with van der Waals surface area (Å²) in [6, 6.07) is 0. The van der Waals surface area contributed by atoms with Crippen molar-refractivity contribution in [3.05, 3.63) is 23.8 Å². The minimum absolute atomic E-state index is 0. The molecule has 1 aromatic heterocycles. The number of hydrogen-bond acceptors (Lipinski definition) is 2. The fourth-order valence-corrected chi connectivity index (χ4v) is 1.28. The lowest BCUT2D eigenvalue weighted by Crippen LogP contribution is -2.02. The topological polar surface area (TPSA) is 25.8 Å². The average molecular weight is 210 g/mol. The van der Waals surface area contributed by atoms with Gasteiger partial charge in [0.15, 0.2) is 0 Å². The van der Waals surface area contributed by atoms with Crippen LogP contribution in [0, 0.1) is 0 Å². The summed E-state index contributed by atoms with van der Waals surface area (Å²) in [7, 11) is 0. The van der Waals surface area contributed by atoms with E-state index in [1.807, 2.05) is 20.0 Å². The van der Waals surface area contributed by atoms with Crippen LogP contribution >= 0.6 is 0 Å². The van der Waals surface area contributed by atoms with Crippen molar-refractivity contribution in [2.45, 2.75) is 60.8 Å². The predicted octanol–water partition coefficient (Wildman–Crippen LogP) is 4.39. The van der Waals surface area contributed by atoms with Gasteiger partial charge in [0, 0.05) is 11.9 Å². The average Bonchev–Trinajstić information content (AvgIpc) is 2.20. The van der Waals surface area contributed by atoms with Gasteiger partial charge in [0.05, 0.1) is 0 Å².